The fourth-order valence-electron chi connectivity index (χ4n) is 2.48. The van der Waals surface area contributed by atoms with Crippen LogP contribution in [0, 0.1) is 15.9 Å². The zero-order valence-electron chi connectivity index (χ0n) is 13.9. The SMILES string of the molecule is NC(CN(CCF)S(=O)(=O)c1ccccc1[N+](=O)[O-])c1cc(F)cc(Br)c1. The van der Waals surface area contributed by atoms with Gasteiger partial charge >= 0.3 is 0 Å². The zero-order chi connectivity index (χ0) is 20.2. The number of halogens is 3. The maximum atomic E-state index is 13.6. The highest BCUT2D eigenvalue weighted by atomic mass is 79.9. The highest BCUT2D eigenvalue weighted by Gasteiger charge is 2.32. The molecule has 0 heterocycles. The van der Waals surface area contributed by atoms with Gasteiger partial charge in [0.1, 0.15) is 12.5 Å². The minimum Gasteiger partial charge on any atom is -0.323 e. The van der Waals surface area contributed by atoms with E-state index in [1.807, 2.05) is 0 Å². The average Bonchev–Trinajstić information content (AvgIpc) is 2.60. The molecule has 2 aromatic carbocycles. The first-order valence-electron chi connectivity index (χ1n) is 7.68. The smallest absolute Gasteiger partial charge is 0.289 e. The van der Waals surface area contributed by atoms with Gasteiger partial charge in [-0.15, -0.1) is 0 Å². The van der Waals surface area contributed by atoms with Gasteiger partial charge in [-0.1, -0.05) is 28.1 Å². The van der Waals surface area contributed by atoms with Gasteiger partial charge in [0.05, 0.1) is 4.92 Å². The highest BCUT2D eigenvalue weighted by molar-refractivity contribution is 9.10. The summed E-state index contributed by atoms with van der Waals surface area (Å²) in [4.78, 5) is 9.76. The van der Waals surface area contributed by atoms with Gasteiger partial charge in [-0.25, -0.2) is 17.2 Å². The second-order valence-corrected chi connectivity index (χ2v) is 8.41. The van der Waals surface area contributed by atoms with Crippen LogP contribution in [0.4, 0.5) is 14.5 Å². The Kier molecular flexibility index (Phi) is 6.98. The third-order valence-electron chi connectivity index (χ3n) is 3.73. The van der Waals surface area contributed by atoms with Gasteiger partial charge in [0.15, 0.2) is 4.90 Å². The van der Waals surface area contributed by atoms with E-state index >= 15 is 0 Å². The Morgan fingerprint density at radius 2 is 1.93 bits per heavy atom. The molecule has 7 nitrogen and oxygen atoms in total. The summed E-state index contributed by atoms with van der Waals surface area (Å²) in [7, 11) is -4.40. The summed E-state index contributed by atoms with van der Waals surface area (Å²) in [5, 5.41) is 11.1. The van der Waals surface area contributed by atoms with E-state index in [4.69, 9.17) is 5.73 Å². The summed E-state index contributed by atoms with van der Waals surface area (Å²) in [6.45, 7) is -1.94. The monoisotopic (exact) mass is 463 g/mol. The lowest BCUT2D eigenvalue weighted by atomic mass is 10.1. The summed E-state index contributed by atoms with van der Waals surface area (Å²) in [6, 6.07) is 7.66. The normalized spacial score (nSPS) is 12.9. The minimum atomic E-state index is -4.40. The minimum absolute atomic E-state index is 0.295. The van der Waals surface area contributed by atoms with Crippen LogP contribution in [0.25, 0.3) is 0 Å². The van der Waals surface area contributed by atoms with Gasteiger partial charge in [0, 0.05) is 29.7 Å². The Bertz CT molecular complexity index is 923. The summed E-state index contributed by atoms with van der Waals surface area (Å²) in [5.74, 6) is -0.576. The summed E-state index contributed by atoms with van der Waals surface area (Å²) in [5.41, 5.74) is 5.66. The maximum absolute atomic E-state index is 13.6. The number of hydrogen-bond donors (Lipinski definition) is 1. The number of para-hydroxylation sites is 1. The van der Waals surface area contributed by atoms with E-state index in [1.165, 1.54) is 24.3 Å². The molecule has 0 aromatic heterocycles. The summed E-state index contributed by atoms with van der Waals surface area (Å²) >= 11 is 3.12. The number of rotatable bonds is 8. The molecule has 2 rings (SSSR count). The van der Waals surface area contributed by atoms with Gasteiger partial charge in [-0.3, -0.25) is 10.1 Å². The molecule has 1 atom stereocenters. The first kappa shape index (κ1) is 21.4. The number of nitro benzene ring substituents is 1. The van der Waals surface area contributed by atoms with Crippen LogP contribution in [0.5, 0.6) is 0 Å². The van der Waals surface area contributed by atoms with Gasteiger partial charge in [0.2, 0.25) is 10.0 Å². The highest BCUT2D eigenvalue weighted by Crippen LogP contribution is 2.28. The van der Waals surface area contributed by atoms with Gasteiger partial charge in [0.25, 0.3) is 5.69 Å². The molecule has 2 aromatic rings. The molecule has 0 spiro atoms. The van der Waals surface area contributed by atoms with E-state index in [1.54, 1.807) is 0 Å². The summed E-state index contributed by atoms with van der Waals surface area (Å²) < 4.78 is 53.4. The summed E-state index contributed by atoms with van der Waals surface area (Å²) in [6.07, 6.45) is 0. The molecule has 0 aliphatic rings. The quantitative estimate of drug-likeness (QED) is 0.477. The number of nitrogens with zero attached hydrogens (tertiary/aromatic N) is 2. The second-order valence-electron chi connectivity index (χ2n) is 5.59. The standard InChI is InChI=1S/C16H16BrF2N3O4S/c17-12-7-11(8-13(19)9-12)14(20)10-21(6-5-18)27(25,26)16-4-2-1-3-15(16)22(23)24/h1-4,7-9,14H,5-6,10,20H2. The molecule has 0 saturated carbocycles. The molecule has 1 unspecified atom stereocenters. The average molecular weight is 464 g/mol. The van der Waals surface area contributed by atoms with Crippen molar-refractivity contribution in [1.82, 2.24) is 4.31 Å². The van der Waals surface area contributed by atoms with Crippen molar-refractivity contribution in [3.05, 3.63) is 68.4 Å². The second kappa shape index (κ2) is 8.83. The molecule has 146 valence electrons. The van der Waals surface area contributed by atoms with E-state index in [0.29, 0.717) is 10.0 Å². The number of nitro groups is 1. The number of sulfonamides is 1. The molecule has 0 saturated heterocycles. The molecule has 0 fully saturated rings. The van der Waals surface area contributed by atoms with Crippen LogP contribution < -0.4 is 5.73 Å². The molecule has 0 aliphatic carbocycles. The largest absolute Gasteiger partial charge is 0.323 e. The Balaban J connectivity index is 2.40. The lowest BCUT2D eigenvalue weighted by Gasteiger charge is -2.24. The van der Waals surface area contributed by atoms with Crippen molar-refractivity contribution < 1.29 is 22.1 Å². The van der Waals surface area contributed by atoms with Crippen LogP contribution in [0.1, 0.15) is 11.6 Å². The lowest BCUT2D eigenvalue weighted by molar-refractivity contribution is -0.387. The van der Waals surface area contributed by atoms with E-state index in [9.17, 15) is 27.3 Å². The van der Waals surface area contributed by atoms with Crippen LogP contribution in [0.15, 0.2) is 51.8 Å². The Labute approximate surface area is 163 Å². The molecule has 0 aliphatic heterocycles. The zero-order valence-corrected chi connectivity index (χ0v) is 16.3. The van der Waals surface area contributed by atoms with Crippen molar-refractivity contribution in [3.8, 4) is 0 Å². The van der Waals surface area contributed by atoms with Crippen LogP contribution in [0.2, 0.25) is 0 Å². The van der Waals surface area contributed by atoms with Gasteiger partial charge < -0.3 is 5.73 Å². The number of benzene rings is 2. The number of hydrogen-bond acceptors (Lipinski definition) is 5. The predicted molar refractivity (Wildman–Crippen MR) is 98.9 cm³/mol. The molecule has 2 N–H and O–H groups in total. The third-order valence-corrected chi connectivity index (χ3v) is 6.10. The Morgan fingerprint density at radius 1 is 1.26 bits per heavy atom. The van der Waals surface area contributed by atoms with E-state index in [0.717, 1.165) is 22.5 Å². The lowest BCUT2D eigenvalue weighted by Crippen LogP contribution is -2.38. The van der Waals surface area contributed by atoms with Crippen molar-refractivity contribution >= 4 is 31.6 Å². The Morgan fingerprint density at radius 3 is 2.52 bits per heavy atom. The fraction of sp³-hybridized carbons (Fsp3) is 0.250. The van der Waals surface area contributed by atoms with E-state index in [2.05, 4.69) is 15.9 Å². The van der Waals surface area contributed by atoms with Crippen LogP contribution >= 0.6 is 15.9 Å². The molecule has 11 heteroatoms. The van der Waals surface area contributed by atoms with Crippen LogP contribution in [-0.4, -0.2) is 37.4 Å². The molecular formula is C16H16BrF2N3O4S. The fourth-order valence-corrected chi connectivity index (χ4v) is 4.57. The molecule has 0 radical (unpaired) electrons. The van der Waals surface area contributed by atoms with Crippen LogP contribution in [-0.2, 0) is 10.0 Å². The van der Waals surface area contributed by atoms with Gasteiger partial charge in [-0.05, 0) is 29.8 Å². The first-order valence-corrected chi connectivity index (χ1v) is 9.91. The van der Waals surface area contributed by atoms with E-state index in [-0.39, 0.29) is 6.54 Å². The topological polar surface area (TPSA) is 107 Å². The Hall–Kier alpha value is -1.95. The van der Waals surface area contributed by atoms with Crippen molar-refractivity contribution in [2.75, 3.05) is 19.8 Å². The number of alkyl halides is 1. The maximum Gasteiger partial charge on any atom is 0.289 e. The van der Waals surface area contributed by atoms with Crippen molar-refractivity contribution in [3.63, 3.8) is 0 Å². The first-order chi connectivity index (χ1) is 12.7. The van der Waals surface area contributed by atoms with Crippen molar-refractivity contribution in [1.29, 1.82) is 0 Å². The molecule has 0 bridgehead atoms. The predicted octanol–water partition coefficient (Wildman–Crippen LogP) is 3.16. The van der Waals surface area contributed by atoms with Crippen LogP contribution in [0.3, 0.4) is 0 Å². The van der Waals surface area contributed by atoms with Crippen molar-refractivity contribution in [2.24, 2.45) is 5.73 Å². The van der Waals surface area contributed by atoms with E-state index < -0.39 is 50.6 Å². The number of nitrogens with two attached hydrogens (primary N) is 1. The van der Waals surface area contributed by atoms with Gasteiger partial charge in [-0.2, -0.15) is 4.31 Å². The molecular weight excluding hydrogens is 448 g/mol. The van der Waals surface area contributed by atoms with Crippen molar-refractivity contribution in [2.45, 2.75) is 10.9 Å². The third kappa shape index (κ3) is 5.06. The molecule has 27 heavy (non-hydrogen) atoms. The molecule has 0 amide bonds.